The van der Waals surface area contributed by atoms with Gasteiger partial charge in [-0.3, -0.25) is 28.9 Å². The first-order chi connectivity index (χ1) is 34.8. The number of carbonyl (C=O) groups is 6. The van der Waals surface area contributed by atoms with E-state index in [-0.39, 0.29) is 61.4 Å². The summed E-state index contributed by atoms with van der Waals surface area (Å²) in [6.07, 6.45) is 3.01. The van der Waals surface area contributed by atoms with Gasteiger partial charge in [0.15, 0.2) is 5.82 Å². The van der Waals surface area contributed by atoms with E-state index in [1.807, 2.05) is 11.9 Å². The highest BCUT2D eigenvalue weighted by Crippen LogP contribution is 2.33. The molecule has 0 saturated carbocycles. The first-order valence-corrected chi connectivity index (χ1v) is 26.6. The average Bonchev–Trinajstić information content (AvgIpc) is 3.79. The number of rotatable bonds is 18. The van der Waals surface area contributed by atoms with Crippen LogP contribution in [0.25, 0.3) is 11.3 Å². The average molecular weight is 1060 g/mol. The van der Waals surface area contributed by atoms with Gasteiger partial charge in [-0.1, -0.05) is 13.8 Å². The maximum atomic E-state index is 15.2. The lowest BCUT2D eigenvalue weighted by Crippen LogP contribution is -2.57. The molecule has 4 bridgehead atoms. The fraction of sp³-hybridized carbons (Fsp3) is 0.560. The van der Waals surface area contributed by atoms with Crippen LogP contribution in [0.2, 0.25) is 0 Å². The zero-order chi connectivity index (χ0) is 54.5. The fourth-order valence-electron chi connectivity index (χ4n) is 8.06. The van der Waals surface area contributed by atoms with E-state index < -0.39 is 93.1 Å². The number of likely N-dealkylation sites (N-methyl/N-ethyl adjacent to an activating group) is 3. The van der Waals surface area contributed by atoms with Gasteiger partial charge in [0.05, 0.1) is 47.9 Å². The summed E-state index contributed by atoms with van der Waals surface area (Å²) in [4.78, 5) is 94.6. The largest absolute Gasteiger partial charge is 0.494 e. The van der Waals surface area contributed by atoms with Gasteiger partial charge >= 0.3 is 6.09 Å². The lowest BCUT2D eigenvalue weighted by molar-refractivity contribution is -0.143. The molecule has 0 aliphatic carbocycles. The molecule has 0 radical (unpaired) electrons. The standard InChI is InChI=1S/C50H71F2N11O10S/c1-31(2)43(57-45(66)39-13-12-16-63(39)47(68)38(27-41(53)64)56-42(65)29-61(7)18-17-60(6)19-20-62(8)49(69)73-50(3,4)5)46(67)59-74(9,70)30-32-23-34-26-35(24-32)71-21-10-11-22-72-40-25-33(51)14-15-36(40)44-37(52)28-54-48(55-34)58-44/h14-15,23-26,28,31,38-39,43H,10-13,16-22,27,29-30H2,1-9H3,(H2,53,64)(H,56,65)(H,57,66)(H,54,55,58)/t38-,39-,43-,74-/m0/s1. The van der Waals surface area contributed by atoms with E-state index in [2.05, 4.69) is 30.3 Å². The second-order valence-electron chi connectivity index (χ2n) is 20.1. The third kappa shape index (κ3) is 17.8. The molecule has 4 atom stereocenters. The van der Waals surface area contributed by atoms with Crippen molar-refractivity contribution < 1.29 is 56.0 Å². The van der Waals surface area contributed by atoms with Crippen molar-refractivity contribution in [3.63, 3.8) is 0 Å². The number of hydrogen-bond acceptors (Lipinski definition) is 15. The van der Waals surface area contributed by atoms with Crippen LogP contribution in [0.1, 0.15) is 72.3 Å². The van der Waals surface area contributed by atoms with Crippen molar-refractivity contribution >= 4 is 57.0 Å². The number of nitrogens with zero attached hydrogens (tertiary/aromatic N) is 7. The molecule has 2 aliphatic rings. The number of amides is 6. The summed E-state index contributed by atoms with van der Waals surface area (Å²) >= 11 is 0. The molecule has 0 unspecified atom stereocenters. The van der Waals surface area contributed by atoms with Gasteiger partial charge in [-0.15, -0.1) is 0 Å². The van der Waals surface area contributed by atoms with Crippen LogP contribution in [0.15, 0.2) is 47.0 Å². The molecule has 3 aromatic rings. The summed E-state index contributed by atoms with van der Waals surface area (Å²) in [5, 5.41) is 8.37. The minimum atomic E-state index is -3.35. The number of hydrogen-bond donors (Lipinski definition) is 4. The van der Waals surface area contributed by atoms with Crippen LogP contribution in [-0.2, 0) is 44.2 Å². The molecule has 1 fully saturated rings. The van der Waals surface area contributed by atoms with Gasteiger partial charge in [0.1, 0.15) is 46.7 Å². The summed E-state index contributed by atoms with van der Waals surface area (Å²) in [7, 11) is 1.90. The number of fused-ring (bicyclic) bond motifs is 6. The highest BCUT2D eigenvalue weighted by atomic mass is 32.2. The molecule has 1 saturated heterocycles. The van der Waals surface area contributed by atoms with Gasteiger partial charge in [-0.05, 0) is 96.3 Å². The number of halogens is 2. The molecule has 1 aromatic heterocycles. The van der Waals surface area contributed by atoms with Gasteiger partial charge in [-0.2, -0.15) is 4.36 Å². The normalized spacial score (nSPS) is 16.5. The van der Waals surface area contributed by atoms with Crippen LogP contribution in [0.5, 0.6) is 11.5 Å². The topological polar surface area (TPSA) is 260 Å². The van der Waals surface area contributed by atoms with Gasteiger partial charge in [-0.25, -0.2) is 27.8 Å². The lowest BCUT2D eigenvalue weighted by atomic mass is 10.0. The molecular weight excluding hydrogens is 985 g/mol. The van der Waals surface area contributed by atoms with Crippen LogP contribution >= 0.6 is 0 Å². The summed E-state index contributed by atoms with van der Waals surface area (Å²) in [6.45, 7) is 11.1. The highest BCUT2D eigenvalue weighted by Gasteiger charge is 2.40. The van der Waals surface area contributed by atoms with Gasteiger partial charge in [0, 0.05) is 69.4 Å². The number of benzene rings is 2. The zero-order valence-corrected chi connectivity index (χ0v) is 44.5. The molecule has 2 aliphatic heterocycles. The SMILES string of the molecule is CC(C)[C@H](NC(=O)[C@@H]1CCCN1C(=O)[C@H](CC(N)=O)NC(=O)CN(C)CCN(C)CCN(C)C(=O)OC(C)(C)C)C(=O)N=[S@@](C)(=O)Cc1cc2cc(c1)OCCCCOc1cc(F)ccc1-c1nc(ncc1F)N2. The van der Waals surface area contributed by atoms with Crippen molar-refractivity contribution in [3.8, 4) is 22.8 Å². The third-order valence-electron chi connectivity index (χ3n) is 11.9. The predicted molar refractivity (Wildman–Crippen MR) is 274 cm³/mol. The van der Waals surface area contributed by atoms with E-state index in [1.165, 1.54) is 28.2 Å². The number of likely N-dealkylation sites (tertiary alicyclic amines) is 1. The minimum Gasteiger partial charge on any atom is -0.494 e. The number of primary amides is 1. The van der Waals surface area contributed by atoms with Crippen molar-refractivity contribution in [1.82, 2.24) is 40.2 Å². The lowest BCUT2D eigenvalue weighted by Gasteiger charge is -2.30. The Morgan fingerprint density at radius 1 is 0.959 bits per heavy atom. The molecule has 0 spiro atoms. The van der Waals surface area contributed by atoms with E-state index in [1.54, 1.807) is 71.8 Å². The Balaban J connectivity index is 1.23. The van der Waals surface area contributed by atoms with Crippen molar-refractivity contribution in [1.29, 1.82) is 0 Å². The Morgan fingerprint density at radius 2 is 1.65 bits per heavy atom. The van der Waals surface area contributed by atoms with Crippen LogP contribution in [-0.4, -0.2) is 173 Å². The maximum Gasteiger partial charge on any atom is 0.410 e. The van der Waals surface area contributed by atoms with Crippen molar-refractivity contribution in [2.24, 2.45) is 16.0 Å². The summed E-state index contributed by atoms with van der Waals surface area (Å²) in [5.74, 6) is -5.24. The van der Waals surface area contributed by atoms with Crippen molar-refractivity contribution in [2.45, 2.75) is 96.2 Å². The third-order valence-corrected chi connectivity index (χ3v) is 13.3. The van der Waals surface area contributed by atoms with E-state index in [9.17, 15) is 37.4 Å². The quantitative estimate of drug-likeness (QED) is 0.140. The molecule has 406 valence electrons. The Kier molecular flexibility index (Phi) is 20.6. The molecule has 5 N–H and O–H groups in total. The number of nitrogens with one attached hydrogen (secondary N) is 3. The van der Waals surface area contributed by atoms with E-state index in [0.717, 1.165) is 12.3 Å². The van der Waals surface area contributed by atoms with Crippen molar-refractivity contribution in [3.05, 3.63) is 59.8 Å². The molecule has 5 rings (SSSR count). The summed E-state index contributed by atoms with van der Waals surface area (Å²) in [6, 6.07) is 4.96. The first kappa shape index (κ1) is 58.4. The van der Waals surface area contributed by atoms with Crippen LogP contribution in [0, 0.1) is 17.6 Å². The number of aromatic nitrogens is 2. The van der Waals surface area contributed by atoms with Gasteiger partial charge < -0.3 is 50.6 Å². The molecule has 21 nitrogen and oxygen atoms in total. The van der Waals surface area contributed by atoms with E-state index in [0.29, 0.717) is 62.4 Å². The molecule has 6 amide bonds. The number of nitrogens with two attached hydrogens (primary N) is 1. The fourth-order valence-corrected chi connectivity index (χ4v) is 9.40. The number of ether oxygens (including phenoxy) is 3. The number of carbonyl (C=O) groups excluding carboxylic acids is 6. The smallest absolute Gasteiger partial charge is 0.410 e. The molecule has 2 aromatic carbocycles. The number of anilines is 2. The predicted octanol–water partition coefficient (Wildman–Crippen LogP) is 4.06. The zero-order valence-electron chi connectivity index (χ0n) is 43.7. The summed E-state index contributed by atoms with van der Waals surface area (Å²) in [5.41, 5.74) is 5.84. The molecule has 74 heavy (non-hydrogen) atoms. The molecule has 3 heterocycles. The minimum absolute atomic E-state index is 0.0171. The highest BCUT2D eigenvalue weighted by molar-refractivity contribution is 7.92. The van der Waals surface area contributed by atoms with Crippen LogP contribution in [0.3, 0.4) is 0 Å². The van der Waals surface area contributed by atoms with Crippen LogP contribution < -0.4 is 31.2 Å². The monoisotopic (exact) mass is 1060 g/mol. The second kappa shape index (κ2) is 26.1. The first-order valence-electron chi connectivity index (χ1n) is 24.5. The van der Waals surface area contributed by atoms with E-state index in [4.69, 9.17) is 19.9 Å². The molecule has 24 heteroatoms. The maximum absolute atomic E-state index is 15.2. The van der Waals surface area contributed by atoms with Crippen molar-refractivity contribution in [2.75, 3.05) is 85.2 Å². The van der Waals surface area contributed by atoms with Gasteiger partial charge in [0.2, 0.25) is 29.6 Å². The second-order valence-corrected chi connectivity index (χ2v) is 22.5. The molecular formula is C50H71F2N11O10S. The van der Waals surface area contributed by atoms with E-state index >= 15 is 4.39 Å². The summed E-state index contributed by atoms with van der Waals surface area (Å²) < 4.78 is 65.0. The van der Waals surface area contributed by atoms with Gasteiger partial charge in [0.25, 0.3) is 5.91 Å². The Hall–Kier alpha value is -6.53. The Labute approximate surface area is 431 Å². The van der Waals surface area contributed by atoms with Crippen LogP contribution in [0.4, 0.5) is 25.2 Å². The Morgan fingerprint density at radius 3 is 2.34 bits per heavy atom. The Bertz CT molecular complexity index is 2640.